The van der Waals surface area contributed by atoms with Gasteiger partial charge in [0.25, 0.3) is 5.91 Å². The van der Waals surface area contributed by atoms with E-state index in [1.807, 2.05) is 0 Å². The molecule has 3 rings (SSSR count). The third-order valence-corrected chi connectivity index (χ3v) is 5.35. The predicted octanol–water partition coefficient (Wildman–Crippen LogP) is 3.05. The van der Waals surface area contributed by atoms with Gasteiger partial charge in [0.15, 0.2) is 6.10 Å². The van der Waals surface area contributed by atoms with Crippen molar-refractivity contribution < 1.29 is 28.3 Å². The van der Waals surface area contributed by atoms with Crippen molar-refractivity contribution in [1.29, 1.82) is 0 Å². The van der Waals surface area contributed by atoms with E-state index in [2.05, 4.69) is 5.43 Å². The van der Waals surface area contributed by atoms with Gasteiger partial charge in [0.05, 0.1) is 12.5 Å². The molecule has 1 saturated heterocycles. The first-order valence-electron chi connectivity index (χ1n) is 10.0. The van der Waals surface area contributed by atoms with Crippen molar-refractivity contribution in [2.75, 3.05) is 12.4 Å². The monoisotopic (exact) mass is 460 g/mol. The summed E-state index contributed by atoms with van der Waals surface area (Å²) in [5, 5.41) is 1.08. The average Bonchev–Trinajstić information content (AvgIpc) is 3.14. The molecule has 1 N–H and O–H groups in total. The molecular weight excluding hydrogens is 439 g/mol. The first-order chi connectivity index (χ1) is 15.3. The van der Waals surface area contributed by atoms with Gasteiger partial charge in [-0.2, -0.15) is 0 Å². The van der Waals surface area contributed by atoms with Crippen LogP contribution in [0.15, 0.2) is 48.5 Å². The molecule has 9 heteroatoms. The third-order valence-electron chi connectivity index (χ3n) is 5.14. The predicted molar refractivity (Wildman–Crippen MR) is 114 cm³/mol. The van der Waals surface area contributed by atoms with Crippen molar-refractivity contribution in [3.05, 3.63) is 71.0 Å². The van der Waals surface area contributed by atoms with Crippen molar-refractivity contribution in [3.8, 4) is 0 Å². The molecule has 0 unspecified atom stereocenters. The standard InChI is InChI=1S/C23H22ClFN2O5/c1-14-4-2-3-5-18(14)22(30)26-27-13-16(12-20(27)28)23(31)32-19(10-11-24)21(29)15-6-8-17(25)9-7-15/h2-9,16,19H,10-13H2,1H3,(H,26,30)/t16-,19-/m0/s1. The minimum atomic E-state index is -1.16. The number of carbonyl (C=O) groups excluding carboxylic acids is 4. The molecule has 2 aromatic rings. The number of esters is 1. The van der Waals surface area contributed by atoms with Crippen molar-refractivity contribution in [3.63, 3.8) is 0 Å². The fourth-order valence-corrected chi connectivity index (χ4v) is 3.56. The summed E-state index contributed by atoms with van der Waals surface area (Å²) in [5.41, 5.74) is 3.86. The van der Waals surface area contributed by atoms with Crippen LogP contribution in [-0.4, -0.2) is 47.1 Å². The van der Waals surface area contributed by atoms with Gasteiger partial charge < -0.3 is 4.74 Å². The van der Waals surface area contributed by atoms with Crippen LogP contribution in [0.1, 0.15) is 39.1 Å². The lowest BCUT2D eigenvalue weighted by Gasteiger charge is -2.20. The molecule has 1 aliphatic rings. The maximum atomic E-state index is 13.1. The third kappa shape index (κ3) is 5.50. The van der Waals surface area contributed by atoms with Crippen molar-refractivity contribution in [2.45, 2.75) is 25.9 Å². The molecule has 1 heterocycles. The molecule has 7 nitrogen and oxygen atoms in total. The van der Waals surface area contributed by atoms with E-state index in [4.69, 9.17) is 16.3 Å². The highest BCUT2D eigenvalue weighted by Crippen LogP contribution is 2.21. The maximum Gasteiger partial charge on any atom is 0.312 e. The number of aryl methyl sites for hydroxylation is 1. The fraction of sp³-hybridized carbons (Fsp3) is 0.304. The number of nitrogens with zero attached hydrogens (tertiary/aromatic N) is 1. The van der Waals surface area contributed by atoms with Crippen LogP contribution in [0.25, 0.3) is 0 Å². The zero-order chi connectivity index (χ0) is 23.3. The largest absolute Gasteiger partial charge is 0.454 e. The summed E-state index contributed by atoms with van der Waals surface area (Å²) in [6.07, 6.45) is -1.25. The van der Waals surface area contributed by atoms with E-state index in [1.165, 1.54) is 12.1 Å². The Balaban J connectivity index is 1.63. The number of hydrogen-bond donors (Lipinski definition) is 1. The highest BCUT2D eigenvalue weighted by Gasteiger charge is 2.38. The Hall–Kier alpha value is -3.26. The molecule has 168 valence electrons. The van der Waals surface area contributed by atoms with E-state index >= 15 is 0 Å². The van der Waals surface area contributed by atoms with E-state index in [9.17, 15) is 23.6 Å². The number of Topliss-reactive ketones (excluding diaryl/α,β-unsaturated/α-hetero) is 1. The van der Waals surface area contributed by atoms with E-state index < -0.39 is 41.4 Å². The highest BCUT2D eigenvalue weighted by molar-refractivity contribution is 6.18. The first kappa shape index (κ1) is 23.4. The number of alkyl halides is 1. The molecule has 2 amide bonds. The van der Waals surface area contributed by atoms with Gasteiger partial charge in [-0.1, -0.05) is 18.2 Å². The van der Waals surface area contributed by atoms with Crippen LogP contribution in [0.2, 0.25) is 0 Å². The fourth-order valence-electron chi connectivity index (χ4n) is 3.36. The zero-order valence-electron chi connectivity index (χ0n) is 17.3. The molecule has 0 saturated carbocycles. The molecule has 0 spiro atoms. The molecule has 2 aromatic carbocycles. The molecule has 0 aliphatic carbocycles. The second-order valence-electron chi connectivity index (χ2n) is 7.44. The van der Waals surface area contributed by atoms with Gasteiger partial charge >= 0.3 is 5.97 Å². The molecular formula is C23H22ClFN2O5. The summed E-state index contributed by atoms with van der Waals surface area (Å²) in [4.78, 5) is 50.1. The van der Waals surface area contributed by atoms with Crippen molar-refractivity contribution in [1.82, 2.24) is 10.4 Å². The van der Waals surface area contributed by atoms with E-state index in [-0.39, 0.29) is 30.8 Å². The lowest BCUT2D eigenvalue weighted by molar-refractivity contribution is -0.151. The Morgan fingerprint density at radius 3 is 2.53 bits per heavy atom. The second-order valence-corrected chi connectivity index (χ2v) is 7.81. The van der Waals surface area contributed by atoms with Gasteiger partial charge in [0.1, 0.15) is 5.82 Å². The lowest BCUT2D eigenvalue weighted by atomic mass is 10.0. The van der Waals surface area contributed by atoms with E-state index in [1.54, 1.807) is 31.2 Å². The Morgan fingerprint density at radius 2 is 1.88 bits per heavy atom. The Kier molecular flexibility index (Phi) is 7.58. The van der Waals surface area contributed by atoms with Gasteiger partial charge in [-0.25, -0.2) is 4.39 Å². The highest BCUT2D eigenvalue weighted by atomic mass is 35.5. The molecule has 0 aromatic heterocycles. The van der Waals surface area contributed by atoms with Gasteiger partial charge in [-0.3, -0.25) is 29.6 Å². The van der Waals surface area contributed by atoms with Crippen LogP contribution in [0.3, 0.4) is 0 Å². The van der Waals surface area contributed by atoms with Crippen molar-refractivity contribution >= 4 is 35.2 Å². The summed E-state index contributed by atoms with van der Waals surface area (Å²) >= 11 is 5.76. The van der Waals surface area contributed by atoms with Crippen LogP contribution in [-0.2, 0) is 14.3 Å². The summed E-state index contributed by atoms with van der Waals surface area (Å²) in [7, 11) is 0. The molecule has 32 heavy (non-hydrogen) atoms. The van der Waals surface area contributed by atoms with Crippen LogP contribution in [0, 0.1) is 18.7 Å². The Morgan fingerprint density at radius 1 is 1.19 bits per heavy atom. The average molecular weight is 461 g/mol. The number of ether oxygens (including phenoxy) is 1. The minimum Gasteiger partial charge on any atom is -0.454 e. The topological polar surface area (TPSA) is 92.8 Å². The minimum absolute atomic E-state index is 0.0626. The van der Waals surface area contributed by atoms with E-state index in [0.717, 1.165) is 22.7 Å². The van der Waals surface area contributed by atoms with Gasteiger partial charge in [-0.15, -0.1) is 11.6 Å². The Labute approximate surface area is 189 Å². The second kappa shape index (κ2) is 10.4. The number of amides is 2. The number of ketones is 1. The molecule has 2 atom stereocenters. The van der Waals surface area contributed by atoms with Crippen LogP contribution < -0.4 is 5.43 Å². The van der Waals surface area contributed by atoms with Crippen molar-refractivity contribution in [2.24, 2.45) is 5.92 Å². The summed E-state index contributed by atoms with van der Waals surface area (Å²) in [5.74, 6) is -3.43. The normalized spacial score (nSPS) is 16.5. The number of hydrogen-bond acceptors (Lipinski definition) is 5. The first-order valence-corrected chi connectivity index (χ1v) is 10.6. The number of hydrazine groups is 1. The zero-order valence-corrected chi connectivity index (χ0v) is 18.1. The molecule has 0 radical (unpaired) electrons. The molecule has 1 fully saturated rings. The quantitative estimate of drug-likeness (QED) is 0.371. The number of halogens is 2. The van der Waals surface area contributed by atoms with Crippen LogP contribution in [0.4, 0.5) is 4.39 Å². The molecule has 0 bridgehead atoms. The maximum absolute atomic E-state index is 13.1. The summed E-state index contributed by atoms with van der Waals surface area (Å²) < 4.78 is 18.5. The van der Waals surface area contributed by atoms with E-state index in [0.29, 0.717) is 5.56 Å². The van der Waals surface area contributed by atoms with Crippen LogP contribution in [0.5, 0.6) is 0 Å². The van der Waals surface area contributed by atoms with Crippen LogP contribution >= 0.6 is 11.6 Å². The lowest BCUT2D eigenvalue weighted by Crippen LogP contribution is -2.44. The Bertz CT molecular complexity index is 1030. The number of rotatable bonds is 8. The number of benzene rings is 2. The molecule has 1 aliphatic heterocycles. The smallest absolute Gasteiger partial charge is 0.312 e. The van der Waals surface area contributed by atoms with Gasteiger partial charge in [0, 0.05) is 29.8 Å². The number of nitrogens with one attached hydrogen (secondary N) is 1. The van der Waals surface area contributed by atoms with Gasteiger partial charge in [-0.05, 0) is 42.8 Å². The SMILES string of the molecule is Cc1ccccc1C(=O)NN1C[C@@H](C(=O)O[C@@H](CCCl)C(=O)c2ccc(F)cc2)CC1=O. The number of carbonyl (C=O) groups is 4. The summed E-state index contributed by atoms with van der Waals surface area (Å²) in [6.45, 7) is 1.70. The van der Waals surface area contributed by atoms with Gasteiger partial charge in [0.2, 0.25) is 11.7 Å². The summed E-state index contributed by atoms with van der Waals surface area (Å²) in [6, 6.07) is 11.8.